The highest BCUT2D eigenvalue weighted by Gasteiger charge is 2.60. The molecule has 214 valence electrons. The van der Waals surface area contributed by atoms with Crippen molar-refractivity contribution in [3.63, 3.8) is 0 Å². The number of nitrogens with zero attached hydrogens (tertiary/aromatic N) is 1. The monoisotopic (exact) mass is 547 g/mol. The van der Waals surface area contributed by atoms with E-state index < -0.39 is 53.2 Å². The molecule has 1 spiro atoms. The molecule has 0 aromatic heterocycles. The quantitative estimate of drug-likeness (QED) is 0.403. The maximum absolute atomic E-state index is 13.7. The molecular weight excluding hydrogens is 510 g/mol. The number of hydrogen-bond donors (Lipinski definition) is 3. The number of esters is 2. The Kier molecular flexibility index (Phi) is 7.07. The summed E-state index contributed by atoms with van der Waals surface area (Å²) >= 11 is 0. The van der Waals surface area contributed by atoms with Crippen LogP contribution in [0.3, 0.4) is 0 Å². The van der Waals surface area contributed by atoms with Gasteiger partial charge in [0.05, 0.1) is 31.3 Å². The second-order valence-corrected chi connectivity index (χ2v) is 11.5. The zero-order valence-electron chi connectivity index (χ0n) is 22.8. The summed E-state index contributed by atoms with van der Waals surface area (Å²) in [5, 5.41) is 32.4. The van der Waals surface area contributed by atoms with Gasteiger partial charge in [-0.3, -0.25) is 4.90 Å². The Morgan fingerprint density at radius 2 is 1.87 bits per heavy atom. The third-order valence-corrected chi connectivity index (χ3v) is 8.55. The number of aliphatic hydroxyl groups is 3. The molecule has 1 fully saturated rings. The lowest BCUT2D eigenvalue weighted by Crippen LogP contribution is -2.56. The van der Waals surface area contributed by atoms with Crippen molar-refractivity contribution in [3.8, 4) is 11.5 Å². The van der Waals surface area contributed by atoms with E-state index in [-0.39, 0.29) is 13.2 Å². The van der Waals surface area contributed by atoms with E-state index >= 15 is 0 Å². The molecule has 1 aromatic rings. The van der Waals surface area contributed by atoms with E-state index in [1.54, 1.807) is 0 Å². The average molecular weight is 548 g/mol. The molecule has 0 amide bonds. The maximum atomic E-state index is 13.7. The van der Waals surface area contributed by atoms with Gasteiger partial charge in [-0.1, -0.05) is 0 Å². The summed E-state index contributed by atoms with van der Waals surface area (Å²) in [4.78, 5) is 28.4. The molecule has 11 heteroatoms. The van der Waals surface area contributed by atoms with Gasteiger partial charge in [-0.2, -0.15) is 0 Å². The first-order valence-electron chi connectivity index (χ1n) is 13.3. The van der Waals surface area contributed by atoms with E-state index in [1.807, 2.05) is 18.2 Å². The Balaban J connectivity index is 1.55. The van der Waals surface area contributed by atoms with Crippen molar-refractivity contribution >= 4 is 11.9 Å². The molecule has 3 aliphatic heterocycles. The summed E-state index contributed by atoms with van der Waals surface area (Å²) in [6.07, 6.45) is 0.799. The van der Waals surface area contributed by atoms with Crippen LogP contribution in [0.2, 0.25) is 0 Å². The Bertz CT molecular complexity index is 1180. The first kappa shape index (κ1) is 27.7. The van der Waals surface area contributed by atoms with E-state index in [4.69, 9.17) is 18.9 Å². The minimum atomic E-state index is -2.67. The van der Waals surface area contributed by atoms with Crippen LogP contribution < -0.4 is 9.47 Å². The summed E-state index contributed by atoms with van der Waals surface area (Å²) < 4.78 is 27.7. The average Bonchev–Trinajstić information content (AvgIpc) is 3.59. The standard InChI is InChI=1S/C28H37NO10/c1-26(2,33)8-9-28(34,23(30)24(31)36-4)25(32)39-22-20(35-3)14-27-7-5-10-29(27)11-6-16-12-18-19(38-15-37-18)13-17(16)21(22)27/h12-14,21-23,30,33-34H,5-11,15H2,1-4H3. The molecular formula is C28H37NO10. The fraction of sp³-hybridized carbons (Fsp3) is 0.643. The summed E-state index contributed by atoms with van der Waals surface area (Å²) in [7, 11) is 2.54. The van der Waals surface area contributed by atoms with Crippen molar-refractivity contribution in [2.45, 2.75) is 80.8 Å². The van der Waals surface area contributed by atoms with Gasteiger partial charge in [0.2, 0.25) is 6.79 Å². The molecule has 5 atom stereocenters. The fourth-order valence-corrected chi connectivity index (χ4v) is 6.47. The first-order chi connectivity index (χ1) is 18.4. The van der Waals surface area contributed by atoms with Crippen LogP contribution in [-0.2, 0) is 30.2 Å². The van der Waals surface area contributed by atoms with E-state index in [0.29, 0.717) is 17.3 Å². The van der Waals surface area contributed by atoms with Crippen LogP contribution in [0, 0.1) is 0 Å². The van der Waals surface area contributed by atoms with Crippen LogP contribution in [0.15, 0.2) is 24.0 Å². The molecule has 5 rings (SSSR count). The fourth-order valence-electron chi connectivity index (χ4n) is 6.47. The van der Waals surface area contributed by atoms with Crippen LogP contribution in [-0.4, -0.2) is 95.2 Å². The Morgan fingerprint density at radius 3 is 2.54 bits per heavy atom. The molecule has 0 saturated carbocycles. The van der Waals surface area contributed by atoms with Gasteiger partial charge in [0.1, 0.15) is 5.76 Å². The molecule has 0 radical (unpaired) electrons. The number of methoxy groups -OCH3 is 2. The van der Waals surface area contributed by atoms with Crippen LogP contribution >= 0.6 is 0 Å². The van der Waals surface area contributed by atoms with Gasteiger partial charge in [0, 0.05) is 6.54 Å². The van der Waals surface area contributed by atoms with E-state index in [2.05, 4.69) is 9.64 Å². The zero-order valence-corrected chi connectivity index (χ0v) is 22.8. The van der Waals surface area contributed by atoms with Gasteiger partial charge < -0.3 is 39.0 Å². The summed E-state index contributed by atoms with van der Waals surface area (Å²) in [5.41, 5.74) is -2.48. The number of hydrogen-bond acceptors (Lipinski definition) is 11. The Morgan fingerprint density at radius 1 is 1.15 bits per heavy atom. The van der Waals surface area contributed by atoms with Crippen molar-refractivity contribution in [2.75, 3.05) is 34.1 Å². The summed E-state index contributed by atoms with van der Waals surface area (Å²) in [6.45, 7) is 4.77. The molecule has 3 heterocycles. The number of carbonyl (C=O) groups is 2. The third kappa shape index (κ3) is 4.65. The number of fused-ring (bicyclic) bond motifs is 3. The lowest BCUT2D eigenvalue weighted by molar-refractivity contribution is -0.196. The highest BCUT2D eigenvalue weighted by molar-refractivity contribution is 5.89. The SMILES string of the molecule is COC(=O)C(O)C(O)(CCC(C)(C)O)C(=O)OC1C(OC)=CC23CCCN2CCc2cc4c(cc2C13)OCO4. The highest BCUT2D eigenvalue weighted by Crippen LogP contribution is 2.55. The topological polar surface area (TPSA) is 144 Å². The second kappa shape index (κ2) is 9.96. The maximum Gasteiger partial charge on any atom is 0.342 e. The van der Waals surface area contributed by atoms with E-state index in [9.17, 15) is 24.9 Å². The Hall–Kier alpha value is -2.86. The van der Waals surface area contributed by atoms with Gasteiger partial charge in [0.15, 0.2) is 29.3 Å². The second-order valence-electron chi connectivity index (χ2n) is 11.5. The normalized spacial score (nSPS) is 27.8. The number of ether oxygens (including phenoxy) is 5. The molecule has 4 aliphatic rings. The smallest absolute Gasteiger partial charge is 0.342 e. The molecule has 3 N–H and O–H groups in total. The van der Waals surface area contributed by atoms with Gasteiger partial charge in [-0.25, -0.2) is 9.59 Å². The minimum absolute atomic E-state index is 0.0995. The number of rotatable bonds is 8. The molecule has 1 aliphatic carbocycles. The van der Waals surface area contributed by atoms with Crippen molar-refractivity contribution in [1.29, 1.82) is 0 Å². The number of aliphatic hydroxyl groups excluding tert-OH is 1. The summed E-state index contributed by atoms with van der Waals surface area (Å²) in [5.74, 6) is -1.11. The molecule has 11 nitrogen and oxygen atoms in total. The lowest BCUT2D eigenvalue weighted by atomic mass is 9.77. The van der Waals surface area contributed by atoms with E-state index in [0.717, 1.165) is 50.6 Å². The van der Waals surface area contributed by atoms with Crippen molar-refractivity contribution < 1.29 is 48.6 Å². The number of benzene rings is 1. The van der Waals surface area contributed by atoms with Crippen LogP contribution in [0.4, 0.5) is 0 Å². The predicted octanol–water partition coefficient (Wildman–Crippen LogP) is 1.16. The lowest BCUT2D eigenvalue weighted by Gasteiger charge is -2.40. The highest BCUT2D eigenvalue weighted by atomic mass is 16.7. The predicted molar refractivity (Wildman–Crippen MR) is 136 cm³/mol. The number of carbonyl (C=O) groups excluding carboxylic acids is 2. The minimum Gasteiger partial charge on any atom is -0.497 e. The molecule has 1 saturated heterocycles. The van der Waals surface area contributed by atoms with E-state index in [1.165, 1.54) is 21.0 Å². The van der Waals surface area contributed by atoms with Crippen LogP contribution in [0.1, 0.15) is 56.6 Å². The molecule has 1 aromatic carbocycles. The molecule has 0 bridgehead atoms. The Labute approximate surface area is 227 Å². The summed E-state index contributed by atoms with van der Waals surface area (Å²) in [6, 6.07) is 3.90. The molecule has 5 unspecified atom stereocenters. The largest absolute Gasteiger partial charge is 0.497 e. The van der Waals surface area contributed by atoms with Crippen molar-refractivity contribution in [3.05, 3.63) is 35.1 Å². The van der Waals surface area contributed by atoms with Crippen LogP contribution in [0.25, 0.3) is 0 Å². The van der Waals surface area contributed by atoms with Gasteiger partial charge >= 0.3 is 11.9 Å². The van der Waals surface area contributed by atoms with Crippen molar-refractivity contribution in [2.24, 2.45) is 0 Å². The molecule has 39 heavy (non-hydrogen) atoms. The third-order valence-electron chi connectivity index (χ3n) is 8.55. The van der Waals surface area contributed by atoms with Gasteiger partial charge in [-0.05, 0) is 81.8 Å². The zero-order chi connectivity index (χ0) is 28.2. The first-order valence-corrected chi connectivity index (χ1v) is 13.3. The van der Waals surface area contributed by atoms with Crippen molar-refractivity contribution in [1.82, 2.24) is 4.90 Å². The van der Waals surface area contributed by atoms with Gasteiger partial charge in [0.25, 0.3) is 0 Å². The van der Waals surface area contributed by atoms with Gasteiger partial charge in [-0.15, -0.1) is 0 Å². The van der Waals surface area contributed by atoms with Crippen LogP contribution in [0.5, 0.6) is 11.5 Å².